The van der Waals surface area contributed by atoms with Crippen LogP contribution in [0.2, 0.25) is 0 Å². The Bertz CT molecular complexity index is 455. The zero-order chi connectivity index (χ0) is 13.7. The highest BCUT2D eigenvalue weighted by molar-refractivity contribution is 5.91. The van der Waals surface area contributed by atoms with Crippen LogP contribution in [-0.4, -0.2) is 31.5 Å². The van der Waals surface area contributed by atoms with Gasteiger partial charge in [-0.05, 0) is 43.3 Å². The number of hydrogen-bond acceptors (Lipinski definition) is 4. The summed E-state index contributed by atoms with van der Waals surface area (Å²) in [7, 11) is 0. The van der Waals surface area contributed by atoms with Crippen molar-refractivity contribution in [2.45, 2.75) is 6.42 Å². The third-order valence-corrected chi connectivity index (χ3v) is 2.86. The number of carbonyl (C=O) groups is 2. The lowest BCUT2D eigenvalue weighted by Gasteiger charge is -2.26. The minimum atomic E-state index is -0.522. The van der Waals surface area contributed by atoms with Crippen molar-refractivity contribution in [3.8, 4) is 5.75 Å². The molecule has 19 heavy (non-hydrogen) atoms. The molecule has 6 heteroatoms. The van der Waals surface area contributed by atoms with E-state index in [0.717, 1.165) is 13.1 Å². The van der Waals surface area contributed by atoms with E-state index in [1.54, 1.807) is 24.3 Å². The number of hydrogen-bond donors (Lipinski definition) is 3. The lowest BCUT2D eigenvalue weighted by Crippen LogP contribution is -2.43. The van der Waals surface area contributed by atoms with Crippen LogP contribution in [0.4, 0.5) is 5.69 Å². The van der Waals surface area contributed by atoms with Gasteiger partial charge in [-0.15, -0.1) is 0 Å². The first-order valence-corrected chi connectivity index (χ1v) is 6.15. The molecule has 2 rings (SSSR count). The summed E-state index contributed by atoms with van der Waals surface area (Å²) in [5, 5.41) is 5.95. The quantitative estimate of drug-likeness (QED) is 0.678. The Kier molecular flexibility index (Phi) is 4.35. The number of amides is 2. The fourth-order valence-electron chi connectivity index (χ4n) is 1.76. The largest absolute Gasteiger partial charge is 0.484 e. The van der Waals surface area contributed by atoms with Crippen molar-refractivity contribution in [1.82, 2.24) is 5.32 Å². The van der Waals surface area contributed by atoms with Crippen LogP contribution in [0.5, 0.6) is 5.75 Å². The van der Waals surface area contributed by atoms with E-state index in [1.165, 1.54) is 0 Å². The second-order valence-corrected chi connectivity index (χ2v) is 4.56. The third kappa shape index (κ3) is 4.26. The molecule has 0 radical (unpaired) electrons. The minimum absolute atomic E-state index is 0.0114. The second-order valence-electron chi connectivity index (χ2n) is 4.56. The summed E-state index contributed by atoms with van der Waals surface area (Å²) >= 11 is 0. The highest BCUT2D eigenvalue weighted by Crippen LogP contribution is 2.17. The van der Waals surface area contributed by atoms with E-state index in [2.05, 4.69) is 10.6 Å². The number of ether oxygens (including phenoxy) is 1. The number of benzene rings is 1. The fraction of sp³-hybridized carbons (Fsp3) is 0.385. The van der Waals surface area contributed by atoms with Crippen molar-refractivity contribution in [2.24, 2.45) is 11.7 Å². The van der Waals surface area contributed by atoms with Gasteiger partial charge in [0.1, 0.15) is 5.75 Å². The van der Waals surface area contributed by atoms with Gasteiger partial charge in [0.25, 0.3) is 5.91 Å². The number of anilines is 1. The molecule has 0 atom stereocenters. The summed E-state index contributed by atoms with van der Waals surface area (Å²) in [6, 6.07) is 6.83. The summed E-state index contributed by atoms with van der Waals surface area (Å²) in [5.74, 6) is 0.474. The molecule has 0 aromatic heterocycles. The lowest BCUT2D eigenvalue weighted by atomic mass is 9.99. The Morgan fingerprint density at radius 2 is 2.00 bits per heavy atom. The lowest BCUT2D eigenvalue weighted by molar-refractivity contribution is -0.120. The molecule has 0 spiro atoms. The standard InChI is InChI=1S/C13H17N3O3/c14-12(17)8-19-11-3-1-10(2-4-11)16-13(18)5-9-6-15-7-9/h1-4,9,15H,5-8H2,(H2,14,17)(H,16,18). The first-order chi connectivity index (χ1) is 9.13. The maximum Gasteiger partial charge on any atom is 0.255 e. The monoisotopic (exact) mass is 263 g/mol. The molecule has 2 amide bonds. The average molecular weight is 263 g/mol. The van der Waals surface area contributed by atoms with Crippen LogP contribution in [0.3, 0.4) is 0 Å². The van der Waals surface area contributed by atoms with Gasteiger partial charge in [-0.1, -0.05) is 0 Å². The smallest absolute Gasteiger partial charge is 0.255 e. The van der Waals surface area contributed by atoms with Crippen LogP contribution in [0.15, 0.2) is 24.3 Å². The number of primary amides is 1. The molecular formula is C13H17N3O3. The van der Waals surface area contributed by atoms with Gasteiger partial charge in [-0.3, -0.25) is 9.59 Å². The normalized spacial score (nSPS) is 14.5. The van der Waals surface area contributed by atoms with Gasteiger partial charge in [-0.2, -0.15) is 0 Å². The van der Waals surface area contributed by atoms with E-state index in [1.807, 2.05) is 0 Å². The molecule has 1 saturated heterocycles. The molecule has 4 N–H and O–H groups in total. The topological polar surface area (TPSA) is 93.5 Å². The summed E-state index contributed by atoms with van der Waals surface area (Å²) in [6.45, 7) is 1.67. The summed E-state index contributed by atoms with van der Waals surface area (Å²) in [5.41, 5.74) is 5.69. The van der Waals surface area contributed by atoms with Gasteiger partial charge in [0.2, 0.25) is 5.91 Å². The molecule has 0 bridgehead atoms. The predicted molar refractivity (Wildman–Crippen MR) is 70.7 cm³/mol. The Labute approximate surface area is 111 Å². The van der Waals surface area contributed by atoms with Gasteiger partial charge < -0.3 is 21.1 Å². The van der Waals surface area contributed by atoms with E-state index >= 15 is 0 Å². The first kappa shape index (κ1) is 13.4. The molecule has 1 aromatic rings. The molecule has 0 aliphatic carbocycles. The van der Waals surface area contributed by atoms with Gasteiger partial charge in [-0.25, -0.2) is 0 Å². The average Bonchev–Trinajstić information content (AvgIpc) is 2.33. The highest BCUT2D eigenvalue weighted by Gasteiger charge is 2.19. The molecule has 0 saturated carbocycles. The Balaban J connectivity index is 1.80. The van der Waals surface area contributed by atoms with Crippen molar-refractivity contribution in [3.63, 3.8) is 0 Å². The van der Waals surface area contributed by atoms with Crippen LogP contribution >= 0.6 is 0 Å². The molecule has 1 heterocycles. The van der Waals surface area contributed by atoms with E-state index in [-0.39, 0.29) is 12.5 Å². The van der Waals surface area contributed by atoms with E-state index in [0.29, 0.717) is 23.8 Å². The first-order valence-electron chi connectivity index (χ1n) is 6.15. The Morgan fingerprint density at radius 1 is 1.32 bits per heavy atom. The molecular weight excluding hydrogens is 246 g/mol. The molecule has 1 fully saturated rings. The third-order valence-electron chi connectivity index (χ3n) is 2.86. The molecule has 1 aliphatic heterocycles. The minimum Gasteiger partial charge on any atom is -0.484 e. The van der Waals surface area contributed by atoms with Crippen molar-refractivity contribution >= 4 is 17.5 Å². The van der Waals surface area contributed by atoms with Crippen LogP contribution in [0, 0.1) is 5.92 Å². The van der Waals surface area contributed by atoms with E-state index in [4.69, 9.17) is 10.5 Å². The van der Waals surface area contributed by atoms with Crippen LogP contribution in [0.1, 0.15) is 6.42 Å². The van der Waals surface area contributed by atoms with Crippen LogP contribution in [-0.2, 0) is 9.59 Å². The van der Waals surface area contributed by atoms with Gasteiger partial charge in [0.15, 0.2) is 6.61 Å². The van der Waals surface area contributed by atoms with Gasteiger partial charge in [0.05, 0.1) is 0 Å². The van der Waals surface area contributed by atoms with Gasteiger partial charge >= 0.3 is 0 Å². The number of carbonyl (C=O) groups excluding carboxylic acids is 2. The fourth-order valence-corrected chi connectivity index (χ4v) is 1.76. The number of rotatable bonds is 6. The summed E-state index contributed by atoms with van der Waals surface area (Å²) in [6.07, 6.45) is 0.535. The van der Waals surface area contributed by atoms with Crippen LogP contribution in [0.25, 0.3) is 0 Å². The zero-order valence-electron chi connectivity index (χ0n) is 10.5. The molecule has 1 aromatic carbocycles. The predicted octanol–water partition coefficient (Wildman–Crippen LogP) is 0.0987. The van der Waals surface area contributed by atoms with Gasteiger partial charge in [0, 0.05) is 12.1 Å². The van der Waals surface area contributed by atoms with Crippen molar-refractivity contribution in [1.29, 1.82) is 0 Å². The van der Waals surface area contributed by atoms with E-state index in [9.17, 15) is 9.59 Å². The van der Waals surface area contributed by atoms with E-state index < -0.39 is 5.91 Å². The second kappa shape index (κ2) is 6.19. The summed E-state index contributed by atoms with van der Waals surface area (Å²) < 4.78 is 5.12. The van der Waals surface area contributed by atoms with Crippen LogP contribution < -0.4 is 21.1 Å². The highest BCUT2D eigenvalue weighted by atomic mass is 16.5. The molecule has 0 unspecified atom stereocenters. The number of nitrogens with one attached hydrogen (secondary N) is 2. The van der Waals surface area contributed by atoms with Crippen molar-refractivity contribution in [3.05, 3.63) is 24.3 Å². The van der Waals surface area contributed by atoms with Crippen molar-refractivity contribution < 1.29 is 14.3 Å². The molecule has 1 aliphatic rings. The molecule has 102 valence electrons. The maximum absolute atomic E-state index is 11.7. The maximum atomic E-state index is 11.7. The Morgan fingerprint density at radius 3 is 2.53 bits per heavy atom. The Hall–Kier alpha value is -2.08. The summed E-state index contributed by atoms with van der Waals surface area (Å²) in [4.78, 5) is 22.2. The number of nitrogens with two attached hydrogens (primary N) is 1. The van der Waals surface area contributed by atoms with Crippen molar-refractivity contribution in [2.75, 3.05) is 25.0 Å². The zero-order valence-corrected chi connectivity index (χ0v) is 10.5. The SMILES string of the molecule is NC(=O)COc1ccc(NC(=O)CC2CNC2)cc1. The molecule has 6 nitrogen and oxygen atoms in total.